The quantitative estimate of drug-likeness (QED) is 0.432. The topological polar surface area (TPSA) is 87.2 Å². The summed E-state index contributed by atoms with van der Waals surface area (Å²) in [5, 5.41) is 13.2. The maximum absolute atomic E-state index is 13.7. The first-order chi connectivity index (χ1) is 13.7. The zero-order valence-corrected chi connectivity index (χ0v) is 15.8. The van der Waals surface area contributed by atoms with Crippen molar-refractivity contribution in [1.82, 2.24) is 25.8 Å². The maximum Gasteiger partial charge on any atom is 0.191 e. The van der Waals surface area contributed by atoms with Crippen LogP contribution in [0.15, 0.2) is 59.9 Å². The molecule has 1 atom stereocenters. The summed E-state index contributed by atoms with van der Waals surface area (Å²) in [5.41, 5.74) is 2.04. The molecule has 1 aromatic heterocycles. The third-order valence-electron chi connectivity index (χ3n) is 4.02. The molecule has 2 aromatic carbocycles. The van der Waals surface area contributed by atoms with Gasteiger partial charge in [-0.15, -0.1) is 0 Å². The lowest BCUT2D eigenvalue weighted by molar-refractivity contribution is 0.214. The molecule has 0 amide bonds. The van der Waals surface area contributed by atoms with E-state index in [2.05, 4.69) is 30.8 Å². The number of aromatic nitrogens is 3. The Balaban J connectivity index is 1.50. The molecule has 3 N–H and O–H groups in total. The maximum atomic E-state index is 13.7. The number of hydrogen-bond donors (Lipinski definition) is 3. The van der Waals surface area contributed by atoms with E-state index in [9.17, 15) is 4.39 Å². The first-order valence-electron chi connectivity index (χ1n) is 8.96. The first kappa shape index (κ1) is 19.3. The number of aromatic amines is 1. The third kappa shape index (κ3) is 5.29. The fourth-order valence-electron chi connectivity index (χ4n) is 2.62. The Labute approximate surface area is 163 Å². The Morgan fingerprint density at radius 3 is 2.82 bits per heavy atom. The van der Waals surface area contributed by atoms with E-state index in [4.69, 9.17) is 4.74 Å². The van der Waals surface area contributed by atoms with Gasteiger partial charge in [0.05, 0.1) is 6.54 Å². The van der Waals surface area contributed by atoms with Gasteiger partial charge in [-0.3, -0.25) is 10.1 Å². The van der Waals surface area contributed by atoms with Crippen molar-refractivity contribution in [2.45, 2.75) is 19.6 Å². The monoisotopic (exact) mass is 382 g/mol. The number of nitrogens with one attached hydrogen (secondary N) is 3. The van der Waals surface area contributed by atoms with E-state index in [-0.39, 0.29) is 17.7 Å². The number of H-pyrrole nitrogens is 1. The summed E-state index contributed by atoms with van der Waals surface area (Å²) in [7, 11) is 1.70. The highest BCUT2D eigenvalue weighted by Gasteiger charge is 2.09. The lowest BCUT2D eigenvalue weighted by atomic mass is 10.1. The molecule has 28 heavy (non-hydrogen) atoms. The molecule has 7 nitrogen and oxygen atoms in total. The molecule has 0 radical (unpaired) electrons. The number of halogens is 1. The molecule has 1 heterocycles. The van der Waals surface area contributed by atoms with Crippen LogP contribution < -0.4 is 15.4 Å². The van der Waals surface area contributed by atoms with Crippen LogP contribution >= 0.6 is 0 Å². The predicted octanol–water partition coefficient (Wildman–Crippen LogP) is 2.74. The summed E-state index contributed by atoms with van der Waals surface area (Å²) in [6.07, 6.45) is 1.25. The molecule has 8 heteroatoms. The zero-order valence-electron chi connectivity index (χ0n) is 15.8. The van der Waals surface area contributed by atoms with Gasteiger partial charge >= 0.3 is 0 Å². The second-order valence-corrected chi connectivity index (χ2v) is 6.20. The molecule has 0 aliphatic rings. The molecular weight excluding hydrogens is 359 g/mol. The number of hydrogen-bond acceptors (Lipinski definition) is 4. The molecule has 0 aliphatic heterocycles. The summed E-state index contributed by atoms with van der Waals surface area (Å²) < 4.78 is 19.3. The number of benzene rings is 2. The molecule has 0 bridgehead atoms. The molecule has 0 aliphatic carbocycles. The highest BCUT2D eigenvalue weighted by Crippen LogP contribution is 2.17. The molecule has 1 unspecified atom stereocenters. The number of ether oxygens (including phenoxy) is 1. The van der Waals surface area contributed by atoms with E-state index >= 15 is 0 Å². The van der Waals surface area contributed by atoms with Crippen molar-refractivity contribution in [3.8, 4) is 17.1 Å². The van der Waals surface area contributed by atoms with Gasteiger partial charge in [0.25, 0.3) is 0 Å². The Morgan fingerprint density at radius 1 is 1.21 bits per heavy atom. The molecule has 0 fully saturated rings. The smallest absolute Gasteiger partial charge is 0.191 e. The molecule has 0 saturated heterocycles. The Hall–Kier alpha value is -3.42. The lowest BCUT2D eigenvalue weighted by Crippen LogP contribution is -2.41. The van der Waals surface area contributed by atoms with Crippen LogP contribution in [0.2, 0.25) is 0 Å². The molecule has 3 rings (SSSR count). The minimum absolute atomic E-state index is 0.231. The van der Waals surface area contributed by atoms with Gasteiger partial charge < -0.3 is 15.4 Å². The average Bonchev–Trinajstić information content (AvgIpc) is 3.25. The fraction of sp³-hybridized carbons (Fsp3) is 0.250. The largest absolute Gasteiger partial charge is 0.486 e. The van der Waals surface area contributed by atoms with Crippen molar-refractivity contribution in [2.24, 2.45) is 4.99 Å². The molecule has 3 aromatic rings. The van der Waals surface area contributed by atoms with Crippen LogP contribution in [0.5, 0.6) is 5.75 Å². The van der Waals surface area contributed by atoms with Gasteiger partial charge in [-0.1, -0.05) is 30.3 Å². The van der Waals surface area contributed by atoms with Crippen molar-refractivity contribution >= 4 is 5.96 Å². The highest BCUT2D eigenvalue weighted by molar-refractivity contribution is 5.79. The number of aliphatic imine (C=N–C) groups is 1. The van der Waals surface area contributed by atoms with Gasteiger partial charge in [0, 0.05) is 19.2 Å². The Morgan fingerprint density at radius 2 is 2.07 bits per heavy atom. The summed E-state index contributed by atoms with van der Waals surface area (Å²) >= 11 is 0. The predicted molar refractivity (Wildman–Crippen MR) is 107 cm³/mol. The Kier molecular flexibility index (Phi) is 6.56. The first-order valence-corrected chi connectivity index (χ1v) is 8.96. The van der Waals surface area contributed by atoms with Crippen LogP contribution in [0.4, 0.5) is 4.39 Å². The van der Waals surface area contributed by atoms with E-state index in [1.165, 1.54) is 12.4 Å². The van der Waals surface area contributed by atoms with Crippen molar-refractivity contribution in [3.05, 3.63) is 66.2 Å². The summed E-state index contributed by atoms with van der Waals surface area (Å²) in [6.45, 7) is 2.93. The zero-order chi connectivity index (χ0) is 19.8. The third-order valence-corrected chi connectivity index (χ3v) is 4.02. The van der Waals surface area contributed by atoms with E-state index in [0.717, 1.165) is 17.0 Å². The molecule has 0 saturated carbocycles. The van der Waals surface area contributed by atoms with E-state index < -0.39 is 0 Å². The van der Waals surface area contributed by atoms with Crippen LogP contribution in [-0.2, 0) is 6.54 Å². The van der Waals surface area contributed by atoms with Gasteiger partial charge in [0.2, 0.25) is 0 Å². The van der Waals surface area contributed by atoms with E-state index in [1.54, 1.807) is 25.2 Å². The van der Waals surface area contributed by atoms with E-state index in [0.29, 0.717) is 19.0 Å². The van der Waals surface area contributed by atoms with Crippen LogP contribution in [0.3, 0.4) is 0 Å². The molecule has 0 spiro atoms. The van der Waals surface area contributed by atoms with Gasteiger partial charge in [-0.25, -0.2) is 9.37 Å². The van der Waals surface area contributed by atoms with Gasteiger partial charge in [-0.2, -0.15) is 5.10 Å². The second kappa shape index (κ2) is 9.50. The fourth-order valence-corrected chi connectivity index (χ4v) is 2.62. The summed E-state index contributed by atoms with van der Waals surface area (Å²) in [5.74, 6) is 1.23. The van der Waals surface area contributed by atoms with Crippen LogP contribution in [0.25, 0.3) is 11.4 Å². The van der Waals surface area contributed by atoms with Crippen molar-refractivity contribution in [2.75, 3.05) is 13.6 Å². The van der Waals surface area contributed by atoms with Gasteiger partial charge in [-0.05, 0) is 30.7 Å². The lowest BCUT2D eigenvalue weighted by Gasteiger charge is -2.18. The number of rotatable bonds is 7. The summed E-state index contributed by atoms with van der Waals surface area (Å²) in [4.78, 5) is 8.37. The Bertz CT molecular complexity index is 913. The van der Waals surface area contributed by atoms with Crippen molar-refractivity contribution < 1.29 is 9.13 Å². The van der Waals surface area contributed by atoms with E-state index in [1.807, 2.05) is 31.2 Å². The van der Waals surface area contributed by atoms with Gasteiger partial charge in [0.15, 0.2) is 23.4 Å². The van der Waals surface area contributed by atoms with Crippen molar-refractivity contribution in [3.63, 3.8) is 0 Å². The SMILES string of the molecule is CN=C(NCc1cccc(-c2ncn[nH]2)c1)NCC(C)Oc1ccccc1F. The van der Waals surface area contributed by atoms with Crippen molar-refractivity contribution in [1.29, 1.82) is 0 Å². The highest BCUT2D eigenvalue weighted by atomic mass is 19.1. The number of guanidine groups is 1. The van der Waals surface area contributed by atoms with Gasteiger partial charge in [0.1, 0.15) is 12.4 Å². The molecular formula is C20H23FN6O. The minimum atomic E-state index is -0.372. The molecule has 146 valence electrons. The normalized spacial score (nSPS) is 12.5. The minimum Gasteiger partial charge on any atom is -0.486 e. The number of para-hydroxylation sites is 1. The summed E-state index contributed by atoms with van der Waals surface area (Å²) in [6, 6.07) is 14.4. The van der Waals surface area contributed by atoms with Crippen LogP contribution in [0.1, 0.15) is 12.5 Å². The average molecular weight is 382 g/mol. The second-order valence-electron chi connectivity index (χ2n) is 6.20. The van der Waals surface area contributed by atoms with Crippen LogP contribution in [-0.4, -0.2) is 40.8 Å². The number of nitrogens with zero attached hydrogens (tertiary/aromatic N) is 3. The standard InChI is InChI=1S/C20H23FN6O/c1-14(28-18-9-4-3-8-17(18)21)11-23-20(22-2)24-12-15-6-5-7-16(10-15)19-25-13-26-27-19/h3-10,13-14H,11-12H2,1-2H3,(H2,22,23,24)(H,25,26,27). The van der Waals surface area contributed by atoms with Crippen LogP contribution in [0, 0.1) is 5.82 Å².